The fraction of sp³-hybridized carbons (Fsp3) is 0.200. The number of aromatic hydroxyl groups is 1. The highest BCUT2D eigenvalue weighted by Crippen LogP contribution is 2.25. The van der Waals surface area contributed by atoms with Crippen LogP contribution in [0.2, 0.25) is 0 Å². The predicted molar refractivity (Wildman–Crippen MR) is 85.2 cm³/mol. The largest absolute Gasteiger partial charge is 0.508 e. The average molecular weight is 385 g/mol. The summed E-state index contributed by atoms with van der Waals surface area (Å²) in [7, 11) is 0. The first-order chi connectivity index (χ1) is 9.08. The van der Waals surface area contributed by atoms with Crippen molar-refractivity contribution in [2.45, 2.75) is 19.5 Å². The third-order valence-electron chi connectivity index (χ3n) is 3.01. The van der Waals surface area contributed by atoms with E-state index in [0.717, 1.165) is 14.5 Å². The van der Waals surface area contributed by atoms with Crippen LogP contribution in [0.5, 0.6) is 5.75 Å². The summed E-state index contributed by atoms with van der Waals surface area (Å²) >= 11 is 6.97. The van der Waals surface area contributed by atoms with Gasteiger partial charge in [-0.05, 0) is 36.8 Å². The minimum absolute atomic E-state index is 0.203. The van der Waals surface area contributed by atoms with Gasteiger partial charge in [-0.3, -0.25) is 0 Å². The Labute approximate surface area is 130 Å². The fourth-order valence-corrected chi connectivity index (χ4v) is 2.93. The minimum Gasteiger partial charge on any atom is -0.508 e. The molecule has 2 N–H and O–H groups in total. The standard InChI is InChI=1S/C15H15Br2NO/c1-10(13-4-2-3-5-14(13)17)18-9-11-8-12(16)6-7-15(11)19/h2-8,10,18-19H,9H2,1H3/t10-/m1/s1. The molecule has 0 saturated heterocycles. The van der Waals surface area contributed by atoms with E-state index in [1.54, 1.807) is 6.07 Å². The normalized spacial score (nSPS) is 12.4. The zero-order valence-corrected chi connectivity index (χ0v) is 13.7. The van der Waals surface area contributed by atoms with Crippen molar-refractivity contribution in [1.82, 2.24) is 5.32 Å². The van der Waals surface area contributed by atoms with Crippen LogP contribution >= 0.6 is 31.9 Å². The Morgan fingerprint density at radius 3 is 2.63 bits per heavy atom. The van der Waals surface area contributed by atoms with Crippen LogP contribution in [0.25, 0.3) is 0 Å². The zero-order valence-electron chi connectivity index (χ0n) is 10.5. The van der Waals surface area contributed by atoms with Crippen LogP contribution in [0.3, 0.4) is 0 Å². The molecule has 0 fully saturated rings. The van der Waals surface area contributed by atoms with Gasteiger partial charge in [0.15, 0.2) is 0 Å². The second-order valence-electron chi connectivity index (χ2n) is 4.40. The van der Waals surface area contributed by atoms with E-state index in [9.17, 15) is 5.11 Å². The van der Waals surface area contributed by atoms with Crippen molar-refractivity contribution in [3.05, 3.63) is 62.5 Å². The summed E-state index contributed by atoms with van der Waals surface area (Å²) in [6.45, 7) is 2.73. The van der Waals surface area contributed by atoms with Crippen LogP contribution in [-0.2, 0) is 6.54 Å². The number of phenols is 1. The fourth-order valence-electron chi connectivity index (χ4n) is 1.89. The molecule has 1 atom stereocenters. The van der Waals surface area contributed by atoms with E-state index >= 15 is 0 Å². The van der Waals surface area contributed by atoms with Gasteiger partial charge in [0.05, 0.1) is 0 Å². The van der Waals surface area contributed by atoms with Crippen molar-refractivity contribution in [3.8, 4) is 5.75 Å². The number of hydrogen-bond acceptors (Lipinski definition) is 2. The molecule has 0 aliphatic heterocycles. The molecule has 0 amide bonds. The van der Waals surface area contributed by atoms with Crippen molar-refractivity contribution in [1.29, 1.82) is 0 Å². The summed E-state index contributed by atoms with van der Waals surface area (Å²) in [5, 5.41) is 13.2. The molecule has 0 aliphatic rings. The van der Waals surface area contributed by atoms with Gasteiger partial charge in [-0.15, -0.1) is 0 Å². The van der Waals surface area contributed by atoms with Crippen molar-refractivity contribution >= 4 is 31.9 Å². The van der Waals surface area contributed by atoms with Crippen LogP contribution in [0.4, 0.5) is 0 Å². The molecule has 2 nitrogen and oxygen atoms in total. The summed E-state index contributed by atoms with van der Waals surface area (Å²) in [4.78, 5) is 0. The van der Waals surface area contributed by atoms with Crippen molar-refractivity contribution < 1.29 is 5.11 Å². The molecule has 100 valence electrons. The monoisotopic (exact) mass is 383 g/mol. The maximum atomic E-state index is 9.80. The summed E-state index contributed by atoms with van der Waals surface area (Å²) in [6.07, 6.45) is 0. The number of phenolic OH excluding ortho intramolecular Hbond substituents is 1. The van der Waals surface area contributed by atoms with Gasteiger partial charge in [0, 0.05) is 27.1 Å². The van der Waals surface area contributed by atoms with E-state index in [1.807, 2.05) is 30.3 Å². The molecule has 0 saturated carbocycles. The van der Waals surface area contributed by atoms with Crippen molar-refractivity contribution in [2.24, 2.45) is 0 Å². The number of halogens is 2. The minimum atomic E-state index is 0.203. The summed E-state index contributed by atoms with van der Waals surface area (Å²) < 4.78 is 2.06. The van der Waals surface area contributed by atoms with Crippen LogP contribution < -0.4 is 5.32 Å². The third kappa shape index (κ3) is 3.81. The Bertz CT molecular complexity index is 572. The maximum Gasteiger partial charge on any atom is 0.120 e. The molecule has 0 unspecified atom stereocenters. The highest BCUT2D eigenvalue weighted by atomic mass is 79.9. The summed E-state index contributed by atoms with van der Waals surface area (Å²) in [5.41, 5.74) is 2.09. The zero-order chi connectivity index (χ0) is 13.8. The average Bonchev–Trinajstić information content (AvgIpc) is 2.40. The Kier molecular flexibility index (Phi) is 5.02. The van der Waals surface area contributed by atoms with E-state index in [-0.39, 0.29) is 6.04 Å². The lowest BCUT2D eigenvalue weighted by Gasteiger charge is -2.16. The molecule has 0 bridgehead atoms. The molecule has 2 aromatic carbocycles. The summed E-state index contributed by atoms with van der Waals surface area (Å²) in [6, 6.07) is 13.8. The number of hydrogen-bond donors (Lipinski definition) is 2. The first kappa shape index (κ1) is 14.6. The van der Waals surface area contributed by atoms with Gasteiger partial charge in [-0.25, -0.2) is 0 Å². The van der Waals surface area contributed by atoms with Gasteiger partial charge in [-0.1, -0.05) is 50.1 Å². The highest BCUT2D eigenvalue weighted by molar-refractivity contribution is 9.10. The highest BCUT2D eigenvalue weighted by Gasteiger charge is 2.09. The Hall–Kier alpha value is -0.840. The third-order valence-corrected chi connectivity index (χ3v) is 4.23. The second kappa shape index (κ2) is 6.55. The van der Waals surface area contributed by atoms with Crippen LogP contribution in [0.15, 0.2) is 51.4 Å². The van der Waals surface area contributed by atoms with Gasteiger partial charge in [-0.2, -0.15) is 0 Å². The topological polar surface area (TPSA) is 32.3 Å². The van der Waals surface area contributed by atoms with Crippen LogP contribution in [-0.4, -0.2) is 5.11 Å². The SMILES string of the molecule is C[C@@H](NCc1cc(Br)ccc1O)c1ccccc1Br. The molecule has 4 heteroatoms. The lowest BCUT2D eigenvalue weighted by atomic mass is 10.1. The van der Waals surface area contributed by atoms with Gasteiger partial charge in [0.1, 0.15) is 5.75 Å². The van der Waals surface area contributed by atoms with E-state index in [1.165, 1.54) is 5.56 Å². The molecule has 19 heavy (non-hydrogen) atoms. The number of benzene rings is 2. The molecular weight excluding hydrogens is 370 g/mol. The van der Waals surface area contributed by atoms with Gasteiger partial charge < -0.3 is 10.4 Å². The van der Waals surface area contributed by atoms with Crippen LogP contribution in [0.1, 0.15) is 24.1 Å². The smallest absolute Gasteiger partial charge is 0.120 e. The van der Waals surface area contributed by atoms with Gasteiger partial charge in [0.25, 0.3) is 0 Å². The lowest BCUT2D eigenvalue weighted by Crippen LogP contribution is -2.18. The van der Waals surface area contributed by atoms with E-state index in [4.69, 9.17) is 0 Å². The Morgan fingerprint density at radius 1 is 1.16 bits per heavy atom. The molecule has 0 aromatic heterocycles. The summed E-state index contributed by atoms with van der Waals surface area (Å²) in [5.74, 6) is 0.315. The molecule has 0 spiro atoms. The molecule has 2 aromatic rings. The molecule has 2 rings (SSSR count). The maximum absolute atomic E-state index is 9.80. The Morgan fingerprint density at radius 2 is 1.89 bits per heavy atom. The quantitative estimate of drug-likeness (QED) is 0.795. The number of rotatable bonds is 4. The van der Waals surface area contributed by atoms with E-state index < -0.39 is 0 Å². The molecule has 0 aliphatic carbocycles. The van der Waals surface area contributed by atoms with E-state index in [0.29, 0.717) is 12.3 Å². The van der Waals surface area contributed by atoms with E-state index in [2.05, 4.69) is 50.2 Å². The Balaban J connectivity index is 2.06. The van der Waals surface area contributed by atoms with Gasteiger partial charge >= 0.3 is 0 Å². The van der Waals surface area contributed by atoms with Crippen molar-refractivity contribution in [2.75, 3.05) is 0 Å². The predicted octanol–water partition coefficient (Wildman–Crippen LogP) is 4.77. The molecule has 0 radical (unpaired) electrons. The number of nitrogens with one attached hydrogen (secondary N) is 1. The first-order valence-electron chi connectivity index (χ1n) is 6.03. The molecular formula is C15H15Br2NO. The second-order valence-corrected chi connectivity index (χ2v) is 6.17. The lowest BCUT2D eigenvalue weighted by molar-refractivity contribution is 0.460. The van der Waals surface area contributed by atoms with Crippen LogP contribution in [0, 0.1) is 0 Å². The first-order valence-corrected chi connectivity index (χ1v) is 7.61. The molecule has 0 heterocycles. The van der Waals surface area contributed by atoms with Gasteiger partial charge in [0.2, 0.25) is 0 Å². The van der Waals surface area contributed by atoms with Crippen molar-refractivity contribution in [3.63, 3.8) is 0 Å².